The van der Waals surface area contributed by atoms with Crippen LogP contribution in [0.1, 0.15) is 38.5 Å². The number of carbonyl (C=O) groups is 1. The summed E-state index contributed by atoms with van der Waals surface area (Å²) in [5.41, 5.74) is -0.113. The Morgan fingerprint density at radius 1 is 1.44 bits per heavy atom. The summed E-state index contributed by atoms with van der Waals surface area (Å²) in [4.78, 5) is 12.3. The molecule has 1 amide bonds. The van der Waals surface area contributed by atoms with Gasteiger partial charge in [-0.1, -0.05) is 6.42 Å². The molecule has 2 aliphatic rings. The molecule has 1 saturated heterocycles. The summed E-state index contributed by atoms with van der Waals surface area (Å²) in [7, 11) is 1.71. The first-order chi connectivity index (χ1) is 8.77. The molecule has 104 valence electrons. The molecule has 4 nitrogen and oxygen atoms in total. The highest BCUT2D eigenvalue weighted by molar-refractivity contribution is 5.83. The first kappa shape index (κ1) is 13.8. The van der Waals surface area contributed by atoms with E-state index in [1.54, 1.807) is 7.11 Å². The van der Waals surface area contributed by atoms with Crippen LogP contribution >= 0.6 is 0 Å². The van der Waals surface area contributed by atoms with Crippen LogP contribution < -0.4 is 10.6 Å². The molecule has 1 atom stereocenters. The third kappa shape index (κ3) is 3.23. The van der Waals surface area contributed by atoms with Crippen molar-refractivity contribution in [2.45, 2.75) is 38.5 Å². The minimum absolute atomic E-state index is 0.113. The van der Waals surface area contributed by atoms with Gasteiger partial charge in [0.2, 0.25) is 5.91 Å². The Hall–Kier alpha value is -0.610. The third-order valence-corrected chi connectivity index (χ3v) is 4.53. The van der Waals surface area contributed by atoms with Crippen molar-refractivity contribution in [1.29, 1.82) is 0 Å². The Morgan fingerprint density at radius 3 is 2.83 bits per heavy atom. The van der Waals surface area contributed by atoms with Gasteiger partial charge in [0.1, 0.15) is 0 Å². The molecule has 1 heterocycles. The number of amides is 1. The summed E-state index contributed by atoms with van der Waals surface area (Å²) in [6.07, 6.45) is 6.59. The van der Waals surface area contributed by atoms with E-state index in [2.05, 4.69) is 10.6 Å². The second-order valence-electron chi connectivity index (χ2n) is 5.80. The highest BCUT2D eigenvalue weighted by Gasteiger charge is 2.43. The van der Waals surface area contributed by atoms with Crippen molar-refractivity contribution < 1.29 is 9.53 Å². The second kappa shape index (κ2) is 6.53. The molecule has 4 heteroatoms. The number of ether oxygens (including phenoxy) is 1. The third-order valence-electron chi connectivity index (χ3n) is 4.53. The predicted octanol–water partition coefficient (Wildman–Crippen LogP) is 1.31. The zero-order chi connectivity index (χ0) is 12.8. The number of piperidine rings is 1. The van der Waals surface area contributed by atoms with E-state index >= 15 is 0 Å². The van der Waals surface area contributed by atoms with Crippen molar-refractivity contribution in [2.75, 3.05) is 33.4 Å². The smallest absolute Gasteiger partial charge is 0.226 e. The maximum Gasteiger partial charge on any atom is 0.226 e. The molecular formula is C14H26N2O2. The molecule has 0 aromatic carbocycles. The molecule has 1 unspecified atom stereocenters. The Kier molecular flexibility index (Phi) is 5.01. The van der Waals surface area contributed by atoms with E-state index in [0.29, 0.717) is 12.5 Å². The largest absolute Gasteiger partial charge is 0.385 e. The van der Waals surface area contributed by atoms with Gasteiger partial charge in [-0.3, -0.25) is 4.79 Å². The zero-order valence-corrected chi connectivity index (χ0v) is 11.5. The highest BCUT2D eigenvalue weighted by atomic mass is 16.5. The molecule has 0 bridgehead atoms. The fourth-order valence-corrected chi connectivity index (χ4v) is 3.01. The summed E-state index contributed by atoms with van der Waals surface area (Å²) in [6.45, 7) is 3.70. The van der Waals surface area contributed by atoms with Crippen LogP contribution in [-0.2, 0) is 9.53 Å². The van der Waals surface area contributed by atoms with Crippen LogP contribution in [-0.4, -0.2) is 39.3 Å². The fourth-order valence-electron chi connectivity index (χ4n) is 3.01. The maximum absolute atomic E-state index is 12.3. The summed E-state index contributed by atoms with van der Waals surface area (Å²) in [5, 5.41) is 6.56. The van der Waals surface area contributed by atoms with Crippen LogP contribution in [0, 0.1) is 11.3 Å². The highest BCUT2D eigenvalue weighted by Crippen LogP contribution is 2.44. The molecular weight excluding hydrogens is 228 g/mol. The summed E-state index contributed by atoms with van der Waals surface area (Å²) in [6, 6.07) is 0. The van der Waals surface area contributed by atoms with E-state index < -0.39 is 0 Å². The van der Waals surface area contributed by atoms with Gasteiger partial charge in [0, 0.05) is 20.3 Å². The maximum atomic E-state index is 12.3. The fraction of sp³-hybridized carbons (Fsp3) is 0.929. The molecule has 0 spiro atoms. The average molecular weight is 254 g/mol. The van der Waals surface area contributed by atoms with Gasteiger partial charge in [0.15, 0.2) is 0 Å². The van der Waals surface area contributed by atoms with Crippen molar-refractivity contribution >= 4 is 5.91 Å². The van der Waals surface area contributed by atoms with Gasteiger partial charge in [0.25, 0.3) is 0 Å². The Balaban J connectivity index is 1.75. The van der Waals surface area contributed by atoms with E-state index in [1.165, 1.54) is 19.3 Å². The molecule has 0 aromatic rings. The van der Waals surface area contributed by atoms with E-state index in [1.807, 2.05) is 0 Å². The topological polar surface area (TPSA) is 50.4 Å². The van der Waals surface area contributed by atoms with Gasteiger partial charge in [0.05, 0.1) is 5.41 Å². The van der Waals surface area contributed by atoms with Crippen LogP contribution in [0.15, 0.2) is 0 Å². The van der Waals surface area contributed by atoms with Crippen molar-refractivity contribution in [1.82, 2.24) is 10.6 Å². The lowest BCUT2D eigenvalue weighted by atomic mass is 9.66. The molecule has 2 N–H and O–H groups in total. The van der Waals surface area contributed by atoms with Crippen LogP contribution in [0.4, 0.5) is 0 Å². The van der Waals surface area contributed by atoms with Gasteiger partial charge < -0.3 is 15.4 Å². The Morgan fingerprint density at radius 2 is 2.28 bits per heavy atom. The number of hydrogen-bond donors (Lipinski definition) is 2. The van der Waals surface area contributed by atoms with Crippen molar-refractivity contribution in [2.24, 2.45) is 11.3 Å². The van der Waals surface area contributed by atoms with E-state index in [4.69, 9.17) is 4.74 Å². The zero-order valence-electron chi connectivity index (χ0n) is 11.5. The summed E-state index contributed by atoms with van der Waals surface area (Å²) >= 11 is 0. The Labute approximate surface area is 110 Å². The van der Waals surface area contributed by atoms with E-state index in [-0.39, 0.29) is 11.3 Å². The van der Waals surface area contributed by atoms with Crippen molar-refractivity contribution in [3.05, 3.63) is 0 Å². The van der Waals surface area contributed by atoms with Crippen molar-refractivity contribution in [3.63, 3.8) is 0 Å². The monoisotopic (exact) mass is 254 g/mol. The number of methoxy groups -OCH3 is 1. The molecule has 1 aliphatic heterocycles. The van der Waals surface area contributed by atoms with Gasteiger partial charge >= 0.3 is 0 Å². The molecule has 1 aliphatic carbocycles. The lowest BCUT2D eigenvalue weighted by Gasteiger charge is -2.40. The number of nitrogens with one attached hydrogen (secondary N) is 2. The van der Waals surface area contributed by atoms with Crippen molar-refractivity contribution in [3.8, 4) is 0 Å². The number of carbonyl (C=O) groups excluding carboxylic acids is 1. The first-order valence-electron chi connectivity index (χ1n) is 7.25. The Bertz CT molecular complexity index is 271. The minimum atomic E-state index is -0.113. The first-order valence-corrected chi connectivity index (χ1v) is 7.25. The van der Waals surface area contributed by atoms with Crippen LogP contribution in [0.25, 0.3) is 0 Å². The van der Waals surface area contributed by atoms with E-state index in [0.717, 1.165) is 38.9 Å². The second-order valence-corrected chi connectivity index (χ2v) is 5.80. The molecule has 2 fully saturated rings. The van der Waals surface area contributed by atoms with Gasteiger partial charge in [-0.2, -0.15) is 0 Å². The summed E-state index contributed by atoms with van der Waals surface area (Å²) < 4.78 is 5.13. The van der Waals surface area contributed by atoms with Crippen LogP contribution in [0.2, 0.25) is 0 Å². The molecule has 1 saturated carbocycles. The molecule has 0 radical (unpaired) electrons. The molecule has 0 aromatic heterocycles. The minimum Gasteiger partial charge on any atom is -0.385 e. The van der Waals surface area contributed by atoms with Gasteiger partial charge in [-0.15, -0.1) is 0 Å². The van der Waals surface area contributed by atoms with Gasteiger partial charge in [-0.25, -0.2) is 0 Å². The lowest BCUT2D eigenvalue weighted by Crippen LogP contribution is -2.48. The normalized spacial score (nSPS) is 26.4. The lowest BCUT2D eigenvalue weighted by molar-refractivity contribution is -0.137. The van der Waals surface area contributed by atoms with E-state index in [9.17, 15) is 4.79 Å². The molecule has 18 heavy (non-hydrogen) atoms. The summed E-state index contributed by atoms with van der Waals surface area (Å²) in [5.74, 6) is 0.874. The standard InChI is InChI=1S/C14H26N2O2/c1-18-9-7-14(5-3-6-14)13(17)16-11-12-4-2-8-15-10-12/h12,15H,2-11H2,1H3,(H,16,17). The van der Waals surface area contributed by atoms with Crippen LogP contribution in [0.3, 0.4) is 0 Å². The SMILES string of the molecule is COCCC1(C(=O)NCC2CCCNC2)CCC1. The predicted molar refractivity (Wildman–Crippen MR) is 71.4 cm³/mol. The quantitative estimate of drug-likeness (QED) is 0.751. The average Bonchev–Trinajstić information content (AvgIpc) is 2.36. The number of hydrogen-bond acceptors (Lipinski definition) is 3. The van der Waals surface area contributed by atoms with Crippen LogP contribution in [0.5, 0.6) is 0 Å². The molecule has 2 rings (SSSR count). The number of rotatable bonds is 6. The van der Waals surface area contributed by atoms with Gasteiger partial charge in [-0.05, 0) is 51.1 Å².